The number of pyridine rings is 1. The first kappa shape index (κ1) is 16.4. The van der Waals surface area contributed by atoms with E-state index in [1.54, 1.807) is 0 Å². The Morgan fingerprint density at radius 1 is 1.17 bits per heavy atom. The summed E-state index contributed by atoms with van der Waals surface area (Å²) in [5.41, 5.74) is 1.98. The molecule has 1 aliphatic rings. The average Bonchev–Trinajstić information content (AvgIpc) is 2.97. The maximum atomic E-state index is 11.6. The summed E-state index contributed by atoms with van der Waals surface area (Å²) >= 11 is 0. The van der Waals surface area contributed by atoms with Crippen molar-refractivity contribution in [3.8, 4) is 0 Å². The van der Waals surface area contributed by atoms with Crippen molar-refractivity contribution >= 4 is 17.5 Å². The largest absolute Gasteiger partial charge is 0.480 e. The van der Waals surface area contributed by atoms with Crippen LogP contribution >= 0.6 is 0 Å². The van der Waals surface area contributed by atoms with Crippen LogP contribution < -0.4 is 5.32 Å². The number of hydrogen-bond donors (Lipinski definition) is 2. The monoisotopic (exact) mass is 331 g/mol. The van der Waals surface area contributed by atoms with Crippen LogP contribution in [0.1, 0.15) is 5.69 Å². The Hall–Kier alpha value is -2.45. The third-order valence-electron chi connectivity index (χ3n) is 4.07. The highest BCUT2D eigenvalue weighted by Gasteiger charge is 2.19. The van der Waals surface area contributed by atoms with E-state index in [9.17, 15) is 9.59 Å². The number of carbonyl (C=O) groups excluding carboxylic acids is 1. The lowest BCUT2D eigenvalue weighted by Gasteiger charge is -2.33. The number of carbonyl (C=O) groups is 2. The molecule has 0 aromatic carbocycles. The average molecular weight is 331 g/mol. The van der Waals surface area contributed by atoms with Gasteiger partial charge in [-0.15, -0.1) is 0 Å². The summed E-state index contributed by atoms with van der Waals surface area (Å²) in [6, 6.07) is 5.93. The molecule has 3 rings (SSSR count). The molecule has 24 heavy (non-hydrogen) atoms. The second-order valence-electron chi connectivity index (χ2n) is 5.92. The number of imidazole rings is 1. The Labute approximate surface area is 139 Å². The van der Waals surface area contributed by atoms with Gasteiger partial charge in [-0.1, -0.05) is 6.07 Å². The van der Waals surface area contributed by atoms with Gasteiger partial charge in [-0.3, -0.25) is 19.4 Å². The van der Waals surface area contributed by atoms with Gasteiger partial charge < -0.3 is 14.8 Å². The summed E-state index contributed by atoms with van der Waals surface area (Å²) in [7, 11) is 0. The lowest BCUT2D eigenvalue weighted by molar-refractivity contribution is -0.138. The fourth-order valence-electron chi connectivity index (χ4n) is 2.83. The molecule has 2 aromatic heterocycles. The zero-order chi connectivity index (χ0) is 16.9. The zero-order valence-corrected chi connectivity index (χ0v) is 13.4. The standard InChI is InChI=1S/C16H21N5O3/c22-15(17-9-16(23)24)12-20-7-5-19(6-8-20)10-13-11-21-4-2-1-3-14(21)18-13/h1-4,11H,5-10,12H2,(H,17,22)(H,23,24). The lowest BCUT2D eigenvalue weighted by atomic mass is 10.3. The predicted molar refractivity (Wildman–Crippen MR) is 87.6 cm³/mol. The van der Waals surface area contributed by atoms with E-state index < -0.39 is 5.97 Å². The van der Waals surface area contributed by atoms with Crippen molar-refractivity contribution in [2.24, 2.45) is 0 Å². The lowest BCUT2D eigenvalue weighted by Crippen LogP contribution is -2.49. The van der Waals surface area contributed by atoms with E-state index in [1.807, 2.05) is 39.9 Å². The Kier molecular flexibility index (Phi) is 5.07. The molecule has 8 nitrogen and oxygen atoms in total. The molecule has 0 bridgehead atoms. The van der Waals surface area contributed by atoms with Crippen molar-refractivity contribution in [2.45, 2.75) is 6.54 Å². The molecule has 0 aliphatic carbocycles. The molecule has 8 heteroatoms. The van der Waals surface area contributed by atoms with Gasteiger partial charge in [0.25, 0.3) is 0 Å². The number of carboxylic acid groups (broad SMARTS) is 1. The summed E-state index contributed by atoms with van der Waals surface area (Å²) in [6.45, 7) is 4.00. The molecule has 0 saturated carbocycles. The number of amides is 1. The van der Waals surface area contributed by atoms with Crippen molar-refractivity contribution in [2.75, 3.05) is 39.3 Å². The molecular formula is C16H21N5O3. The Morgan fingerprint density at radius 3 is 2.62 bits per heavy atom. The second kappa shape index (κ2) is 7.41. The maximum Gasteiger partial charge on any atom is 0.322 e. The molecule has 2 N–H and O–H groups in total. The molecule has 1 amide bonds. The van der Waals surface area contributed by atoms with Crippen molar-refractivity contribution < 1.29 is 14.7 Å². The number of nitrogens with one attached hydrogen (secondary N) is 1. The summed E-state index contributed by atoms with van der Waals surface area (Å²) in [5.74, 6) is -1.27. The van der Waals surface area contributed by atoms with Crippen LogP contribution in [-0.4, -0.2) is 75.4 Å². The molecular weight excluding hydrogens is 310 g/mol. The van der Waals surface area contributed by atoms with Gasteiger partial charge in [0.15, 0.2) is 0 Å². The molecule has 0 spiro atoms. The van der Waals surface area contributed by atoms with E-state index in [0.29, 0.717) is 0 Å². The number of nitrogens with zero attached hydrogens (tertiary/aromatic N) is 4. The Bertz CT molecular complexity index is 688. The van der Waals surface area contributed by atoms with Crippen LogP contribution in [0.2, 0.25) is 0 Å². The molecule has 0 atom stereocenters. The Balaban J connectivity index is 1.45. The van der Waals surface area contributed by atoms with Crippen LogP contribution in [-0.2, 0) is 16.1 Å². The van der Waals surface area contributed by atoms with Gasteiger partial charge in [-0.2, -0.15) is 0 Å². The highest BCUT2D eigenvalue weighted by molar-refractivity contribution is 5.82. The number of aliphatic carboxylic acids is 1. The summed E-state index contributed by atoms with van der Waals surface area (Å²) in [4.78, 5) is 31.0. The summed E-state index contributed by atoms with van der Waals surface area (Å²) < 4.78 is 2.01. The molecule has 0 radical (unpaired) electrons. The molecule has 128 valence electrons. The third-order valence-corrected chi connectivity index (χ3v) is 4.07. The fourth-order valence-corrected chi connectivity index (χ4v) is 2.83. The van der Waals surface area contributed by atoms with Crippen molar-refractivity contribution in [3.05, 3.63) is 36.3 Å². The highest BCUT2D eigenvalue weighted by atomic mass is 16.4. The molecule has 0 unspecified atom stereocenters. The van der Waals surface area contributed by atoms with Crippen molar-refractivity contribution in [1.29, 1.82) is 0 Å². The van der Waals surface area contributed by atoms with Crippen LogP contribution in [0.25, 0.3) is 5.65 Å². The van der Waals surface area contributed by atoms with E-state index >= 15 is 0 Å². The highest BCUT2D eigenvalue weighted by Crippen LogP contribution is 2.09. The molecule has 1 fully saturated rings. The van der Waals surface area contributed by atoms with Crippen LogP contribution in [0.3, 0.4) is 0 Å². The Morgan fingerprint density at radius 2 is 1.92 bits per heavy atom. The van der Waals surface area contributed by atoms with Gasteiger partial charge in [0.05, 0.1) is 12.2 Å². The summed E-state index contributed by atoms with van der Waals surface area (Å²) in [5, 5.41) is 10.9. The van der Waals surface area contributed by atoms with Crippen LogP contribution in [0.15, 0.2) is 30.6 Å². The maximum absolute atomic E-state index is 11.6. The van der Waals surface area contributed by atoms with Gasteiger partial charge in [0.2, 0.25) is 5.91 Å². The molecule has 1 aliphatic heterocycles. The smallest absolute Gasteiger partial charge is 0.322 e. The third kappa shape index (κ3) is 4.30. The van der Waals surface area contributed by atoms with Gasteiger partial charge in [-0.25, -0.2) is 4.98 Å². The van der Waals surface area contributed by atoms with Gasteiger partial charge in [0, 0.05) is 45.1 Å². The quantitative estimate of drug-likeness (QED) is 0.752. The van der Waals surface area contributed by atoms with Crippen LogP contribution in [0.5, 0.6) is 0 Å². The minimum atomic E-state index is -1.03. The first-order chi connectivity index (χ1) is 11.6. The molecule has 3 heterocycles. The van der Waals surface area contributed by atoms with Crippen LogP contribution in [0, 0.1) is 0 Å². The van der Waals surface area contributed by atoms with Crippen LogP contribution in [0.4, 0.5) is 0 Å². The second-order valence-corrected chi connectivity index (χ2v) is 5.92. The van der Waals surface area contributed by atoms with Gasteiger partial charge >= 0.3 is 5.97 Å². The number of rotatable bonds is 6. The first-order valence-corrected chi connectivity index (χ1v) is 7.96. The summed E-state index contributed by atoms with van der Waals surface area (Å²) in [6.07, 6.45) is 4.03. The topological polar surface area (TPSA) is 90.2 Å². The van der Waals surface area contributed by atoms with Gasteiger partial charge in [0.1, 0.15) is 12.2 Å². The van der Waals surface area contributed by atoms with Crippen molar-refractivity contribution in [1.82, 2.24) is 24.5 Å². The van der Waals surface area contributed by atoms with E-state index in [4.69, 9.17) is 5.11 Å². The molecule has 1 saturated heterocycles. The number of carboxylic acids is 1. The zero-order valence-electron chi connectivity index (χ0n) is 13.4. The predicted octanol–water partition coefficient (Wildman–Crippen LogP) is -0.347. The van der Waals surface area contributed by atoms with E-state index in [2.05, 4.69) is 15.2 Å². The normalized spacial score (nSPS) is 16.3. The molecule has 2 aromatic rings. The SMILES string of the molecule is O=C(O)CNC(=O)CN1CCN(Cc2cn3ccccc3n2)CC1. The van der Waals surface area contributed by atoms with Gasteiger partial charge in [-0.05, 0) is 12.1 Å². The minimum absolute atomic E-state index is 0.244. The van der Waals surface area contributed by atoms with E-state index in [-0.39, 0.29) is 19.0 Å². The van der Waals surface area contributed by atoms with E-state index in [1.165, 1.54) is 0 Å². The number of piperazine rings is 1. The number of hydrogen-bond acceptors (Lipinski definition) is 5. The van der Waals surface area contributed by atoms with Crippen molar-refractivity contribution in [3.63, 3.8) is 0 Å². The van der Waals surface area contributed by atoms with E-state index in [0.717, 1.165) is 44.1 Å². The first-order valence-electron chi connectivity index (χ1n) is 7.96. The minimum Gasteiger partial charge on any atom is -0.480 e. The number of fused-ring (bicyclic) bond motifs is 1. The number of aromatic nitrogens is 2. The fraction of sp³-hybridized carbons (Fsp3) is 0.438.